The van der Waals surface area contributed by atoms with Crippen LogP contribution >= 0.6 is 27.5 Å². The van der Waals surface area contributed by atoms with Crippen molar-refractivity contribution in [2.75, 3.05) is 23.9 Å². The van der Waals surface area contributed by atoms with E-state index in [1.807, 2.05) is 24.4 Å². The number of halogens is 2. The lowest BCUT2D eigenvalue weighted by Gasteiger charge is -2.22. The van der Waals surface area contributed by atoms with Crippen LogP contribution in [-0.4, -0.2) is 24.0 Å². The van der Waals surface area contributed by atoms with Crippen molar-refractivity contribution in [3.63, 3.8) is 0 Å². The zero-order valence-electron chi connectivity index (χ0n) is 9.66. The second-order valence-corrected chi connectivity index (χ2v) is 4.97. The molecule has 0 fully saturated rings. The van der Waals surface area contributed by atoms with Crippen LogP contribution in [0.1, 0.15) is 6.92 Å². The number of aromatic nitrogens is 1. The van der Waals surface area contributed by atoms with E-state index in [0.29, 0.717) is 5.88 Å². The minimum absolute atomic E-state index is 0.611. The van der Waals surface area contributed by atoms with Gasteiger partial charge in [-0.25, -0.2) is 4.98 Å². The number of rotatable bonds is 4. The van der Waals surface area contributed by atoms with Crippen LogP contribution in [0.2, 0.25) is 0 Å². The summed E-state index contributed by atoms with van der Waals surface area (Å²) < 4.78 is 1.10. The highest BCUT2D eigenvalue weighted by Gasteiger charge is 2.10. The molecule has 0 amide bonds. The Hall–Kier alpha value is -0.800. The molecule has 0 N–H and O–H groups in total. The van der Waals surface area contributed by atoms with Gasteiger partial charge in [0.2, 0.25) is 0 Å². The van der Waals surface area contributed by atoms with Gasteiger partial charge in [0.25, 0.3) is 0 Å². The summed E-state index contributed by atoms with van der Waals surface area (Å²) in [6, 6.07) is 8.20. The smallest absolute Gasteiger partial charge is 0.136 e. The van der Waals surface area contributed by atoms with Crippen molar-refractivity contribution in [3.8, 4) is 0 Å². The number of pyridine rings is 1. The molecule has 0 aliphatic rings. The Morgan fingerprint density at radius 2 is 2.12 bits per heavy atom. The summed E-state index contributed by atoms with van der Waals surface area (Å²) >= 11 is 9.40. The highest BCUT2D eigenvalue weighted by molar-refractivity contribution is 9.10. The van der Waals surface area contributed by atoms with Crippen molar-refractivity contribution >= 4 is 44.1 Å². The van der Waals surface area contributed by atoms with Crippen LogP contribution in [0.25, 0.3) is 10.8 Å². The van der Waals surface area contributed by atoms with Gasteiger partial charge in [-0.2, -0.15) is 0 Å². The SMILES string of the molecule is CCN(CCCl)c1nccc2c(Br)cccc12. The minimum atomic E-state index is 0.611. The first kappa shape index (κ1) is 12.7. The predicted molar refractivity (Wildman–Crippen MR) is 78.1 cm³/mol. The molecule has 4 heteroatoms. The highest BCUT2D eigenvalue weighted by Crippen LogP contribution is 2.29. The molecule has 0 aliphatic heterocycles. The largest absolute Gasteiger partial charge is 0.355 e. The Morgan fingerprint density at radius 1 is 1.29 bits per heavy atom. The molecular weight excluding hydrogens is 300 g/mol. The number of hydrogen-bond donors (Lipinski definition) is 0. The third-order valence-corrected chi connectivity index (χ3v) is 3.63. The summed E-state index contributed by atoms with van der Waals surface area (Å²) in [6.45, 7) is 3.84. The molecule has 0 aliphatic carbocycles. The van der Waals surface area contributed by atoms with Crippen LogP contribution in [0.5, 0.6) is 0 Å². The zero-order valence-corrected chi connectivity index (χ0v) is 12.0. The first-order valence-corrected chi connectivity index (χ1v) is 6.94. The summed E-state index contributed by atoms with van der Waals surface area (Å²) in [5.41, 5.74) is 0. The third-order valence-electron chi connectivity index (χ3n) is 2.77. The van der Waals surface area contributed by atoms with Crippen molar-refractivity contribution in [2.24, 2.45) is 0 Å². The highest BCUT2D eigenvalue weighted by atomic mass is 79.9. The second-order valence-electron chi connectivity index (χ2n) is 3.74. The molecule has 2 rings (SSSR count). The van der Waals surface area contributed by atoms with E-state index in [2.05, 4.69) is 38.8 Å². The Kier molecular flexibility index (Phi) is 4.24. The van der Waals surface area contributed by atoms with Crippen LogP contribution < -0.4 is 4.90 Å². The molecule has 0 atom stereocenters. The van der Waals surface area contributed by atoms with Crippen LogP contribution in [0, 0.1) is 0 Å². The van der Waals surface area contributed by atoms with E-state index in [1.54, 1.807) is 0 Å². The van der Waals surface area contributed by atoms with Crippen molar-refractivity contribution in [1.82, 2.24) is 4.98 Å². The summed E-state index contributed by atoms with van der Waals surface area (Å²) in [4.78, 5) is 6.68. The fourth-order valence-corrected chi connectivity index (χ4v) is 2.62. The van der Waals surface area contributed by atoms with Crippen molar-refractivity contribution in [1.29, 1.82) is 0 Å². The zero-order chi connectivity index (χ0) is 12.3. The fourth-order valence-electron chi connectivity index (χ4n) is 1.92. The Morgan fingerprint density at radius 3 is 2.82 bits per heavy atom. The lowest BCUT2D eigenvalue weighted by atomic mass is 10.1. The van der Waals surface area contributed by atoms with Crippen LogP contribution in [0.4, 0.5) is 5.82 Å². The number of anilines is 1. The summed E-state index contributed by atoms with van der Waals surface area (Å²) in [7, 11) is 0. The van der Waals surface area contributed by atoms with E-state index < -0.39 is 0 Å². The van der Waals surface area contributed by atoms with E-state index in [0.717, 1.165) is 28.8 Å². The standard InChI is InChI=1S/C13H14BrClN2/c1-2-17(9-7-15)13-11-4-3-5-12(14)10(11)6-8-16-13/h3-6,8H,2,7,9H2,1H3. The summed E-state index contributed by atoms with van der Waals surface area (Å²) in [5.74, 6) is 1.62. The molecule has 0 bridgehead atoms. The quantitative estimate of drug-likeness (QED) is 0.791. The van der Waals surface area contributed by atoms with Crippen LogP contribution in [0.15, 0.2) is 34.9 Å². The van der Waals surface area contributed by atoms with Crippen molar-refractivity contribution in [3.05, 3.63) is 34.9 Å². The molecule has 1 aromatic carbocycles. The van der Waals surface area contributed by atoms with Gasteiger partial charge < -0.3 is 4.90 Å². The third kappa shape index (κ3) is 2.55. The molecule has 90 valence electrons. The van der Waals surface area contributed by atoms with Gasteiger partial charge in [0, 0.05) is 40.4 Å². The average molecular weight is 314 g/mol. The Bertz CT molecular complexity index is 516. The van der Waals surface area contributed by atoms with E-state index in [1.165, 1.54) is 5.39 Å². The molecular formula is C13H14BrClN2. The molecule has 0 saturated carbocycles. The topological polar surface area (TPSA) is 16.1 Å². The molecule has 0 spiro atoms. The fraction of sp³-hybridized carbons (Fsp3) is 0.308. The van der Waals surface area contributed by atoms with Crippen LogP contribution in [0.3, 0.4) is 0 Å². The number of alkyl halides is 1. The maximum Gasteiger partial charge on any atom is 0.136 e. The van der Waals surface area contributed by atoms with Crippen molar-refractivity contribution < 1.29 is 0 Å². The normalized spacial score (nSPS) is 10.8. The van der Waals surface area contributed by atoms with Gasteiger partial charge in [0.15, 0.2) is 0 Å². The molecule has 1 aromatic heterocycles. The maximum atomic E-state index is 5.83. The molecule has 0 radical (unpaired) electrons. The van der Waals surface area contributed by atoms with Gasteiger partial charge in [-0.3, -0.25) is 0 Å². The second kappa shape index (κ2) is 5.69. The summed E-state index contributed by atoms with van der Waals surface area (Å²) in [6.07, 6.45) is 1.85. The number of nitrogens with zero attached hydrogens (tertiary/aromatic N) is 2. The number of benzene rings is 1. The monoisotopic (exact) mass is 312 g/mol. The van der Waals surface area contributed by atoms with Gasteiger partial charge >= 0.3 is 0 Å². The molecule has 17 heavy (non-hydrogen) atoms. The van der Waals surface area contributed by atoms with E-state index in [4.69, 9.17) is 11.6 Å². The summed E-state index contributed by atoms with van der Waals surface area (Å²) in [5, 5.41) is 2.35. The Labute approximate surface area is 115 Å². The molecule has 0 saturated heterocycles. The first-order chi connectivity index (χ1) is 8.27. The van der Waals surface area contributed by atoms with E-state index in [9.17, 15) is 0 Å². The Balaban J connectivity index is 2.57. The number of hydrogen-bond acceptors (Lipinski definition) is 2. The molecule has 0 unspecified atom stereocenters. The van der Waals surface area contributed by atoms with E-state index >= 15 is 0 Å². The van der Waals surface area contributed by atoms with Crippen molar-refractivity contribution in [2.45, 2.75) is 6.92 Å². The number of fused-ring (bicyclic) bond motifs is 1. The molecule has 2 aromatic rings. The lowest BCUT2D eigenvalue weighted by molar-refractivity contribution is 0.855. The average Bonchev–Trinajstić information content (AvgIpc) is 2.36. The molecule has 1 heterocycles. The van der Waals surface area contributed by atoms with Crippen LogP contribution in [-0.2, 0) is 0 Å². The lowest BCUT2D eigenvalue weighted by Crippen LogP contribution is -2.26. The van der Waals surface area contributed by atoms with Gasteiger partial charge in [-0.15, -0.1) is 11.6 Å². The maximum absolute atomic E-state index is 5.83. The predicted octanol–water partition coefficient (Wildman–Crippen LogP) is 4.06. The van der Waals surface area contributed by atoms with Gasteiger partial charge in [0.1, 0.15) is 5.82 Å². The van der Waals surface area contributed by atoms with Gasteiger partial charge in [0.05, 0.1) is 0 Å². The minimum Gasteiger partial charge on any atom is -0.355 e. The van der Waals surface area contributed by atoms with Gasteiger partial charge in [-0.05, 0) is 19.1 Å². The van der Waals surface area contributed by atoms with Gasteiger partial charge in [-0.1, -0.05) is 28.1 Å². The van der Waals surface area contributed by atoms with E-state index in [-0.39, 0.29) is 0 Å². The molecule has 2 nitrogen and oxygen atoms in total. The first-order valence-electron chi connectivity index (χ1n) is 5.62.